The van der Waals surface area contributed by atoms with Crippen molar-refractivity contribution in [1.29, 1.82) is 0 Å². The zero-order valence-corrected chi connectivity index (χ0v) is 14.6. The van der Waals surface area contributed by atoms with E-state index >= 15 is 0 Å². The lowest BCUT2D eigenvalue weighted by Gasteiger charge is -2.39. The summed E-state index contributed by atoms with van der Waals surface area (Å²) in [6, 6.07) is 9.54. The summed E-state index contributed by atoms with van der Waals surface area (Å²) in [6.45, 7) is 2.65. The van der Waals surface area contributed by atoms with Crippen molar-refractivity contribution in [2.75, 3.05) is 26.2 Å². The van der Waals surface area contributed by atoms with Crippen LogP contribution < -0.4 is 10.1 Å². The Bertz CT molecular complexity index is 769. The van der Waals surface area contributed by atoms with E-state index in [9.17, 15) is 4.79 Å². The predicted molar refractivity (Wildman–Crippen MR) is 95.7 cm³/mol. The van der Waals surface area contributed by atoms with E-state index in [-0.39, 0.29) is 17.9 Å². The van der Waals surface area contributed by atoms with Crippen molar-refractivity contribution < 1.29 is 9.53 Å². The normalized spacial score (nSPS) is 22.8. The second kappa shape index (κ2) is 7.02. The molecule has 3 heterocycles. The van der Waals surface area contributed by atoms with Crippen LogP contribution in [-0.4, -0.2) is 42.0 Å². The van der Waals surface area contributed by atoms with Gasteiger partial charge in [-0.2, -0.15) is 0 Å². The zero-order chi connectivity index (χ0) is 17.2. The van der Waals surface area contributed by atoms with Crippen molar-refractivity contribution in [3.63, 3.8) is 0 Å². The van der Waals surface area contributed by atoms with Gasteiger partial charge in [-0.15, -0.1) is 0 Å². The lowest BCUT2D eigenvalue weighted by atomic mass is 9.94. The molecule has 1 amide bonds. The summed E-state index contributed by atoms with van der Waals surface area (Å²) in [4.78, 5) is 19.4. The molecule has 2 unspecified atom stereocenters. The number of hydrogen-bond acceptors (Lipinski definition) is 4. The van der Waals surface area contributed by atoms with Crippen LogP contribution in [0.5, 0.6) is 5.75 Å². The van der Waals surface area contributed by atoms with Crippen LogP contribution in [-0.2, 0) is 11.2 Å². The summed E-state index contributed by atoms with van der Waals surface area (Å²) in [6.07, 6.45) is 4.25. The Morgan fingerprint density at radius 1 is 1.36 bits per heavy atom. The molecule has 25 heavy (non-hydrogen) atoms. The molecular weight excluding hydrogens is 338 g/mol. The Hall–Kier alpha value is -2.11. The quantitative estimate of drug-likeness (QED) is 0.897. The summed E-state index contributed by atoms with van der Waals surface area (Å²) in [5, 5.41) is 4.05. The molecule has 0 spiro atoms. The Balaban J connectivity index is 1.55. The molecule has 1 aromatic heterocycles. The van der Waals surface area contributed by atoms with Crippen molar-refractivity contribution >= 4 is 17.5 Å². The van der Waals surface area contributed by atoms with Gasteiger partial charge in [-0.1, -0.05) is 17.7 Å². The van der Waals surface area contributed by atoms with E-state index in [2.05, 4.69) is 10.3 Å². The number of nitrogens with one attached hydrogen (secondary N) is 1. The van der Waals surface area contributed by atoms with Crippen LogP contribution in [0.15, 0.2) is 42.7 Å². The molecule has 1 N–H and O–H groups in total. The van der Waals surface area contributed by atoms with Crippen LogP contribution in [0.1, 0.15) is 17.2 Å². The van der Waals surface area contributed by atoms with E-state index in [1.165, 1.54) is 0 Å². The first-order chi connectivity index (χ1) is 12.2. The number of ether oxygens (including phenoxy) is 1. The predicted octanol–water partition coefficient (Wildman–Crippen LogP) is 2.46. The molecule has 5 nitrogen and oxygen atoms in total. The first-order valence-corrected chi connectivity index (χ1v) is 8.92. The van der Waals surface area contributed by atoms with Gasteiger partial charge in [0, 0.05) is 37.1 Å². The van der Waals surface area contributed by atoms with Gasteiger partial charge in [0.1, 0.15) is 12.4 Å². The first kappa shape index (κ1) is 16.4. The average Bonchev–Trinajstić information content (AvgIpc) is 2.67. The van der Waals surface area contributed by atoms with Gasteiger partial charge in [0.2, 0.25) is 5.91 Å². The van der Waals surface area contributed by atoms with Crippen molar-refractivity contribution in [1.82, 2.24) is 15.2 Å². The van der Waals surface area contributed by atoms with Crippen LogP contribution in [0.4, 0.5) is 0 Å². The number of carbonyl (C=O) groups excluding carboxylic acids is 1. The molecule has 0 aliphatic carbocycles. The Morgan fingerprint density at radius 2 is 2.28 bits per heavy atom. The lowest BCUT2D eigenvalue weighted by molar-refractivity contribution is -0.140. The SMILES string of the molecule is O=C(C1COc2ccc(Cl)cc2C1)N1CCNCC1c1cccnc1. The highest BCUT2D eigenvalue weighted by molar-refractivity contribution is 6.30. The van der Waals surface area contributed by atoms with Crippen molar-refractivity contribution in [2.45, 2.75) is 12.5 Å². The smallest absolute Gasteiger partial charge is 0.230 e. The van der Waals surface area contributed by atoms with Gasteiger partial charge in [0.25, 0.3) is 0 Å². The molecule has 6 heteroatoms. The van der Waals surface area contributed by atoms with Crippen LogP contribution in [0, 0.1) is 5.92 Å². The Morgan fingerprint density at radius 3 is 3.12 bits per heavy atom. The minimum atomic E-state index is -0.178. The molecule has 0 bridgehead atoms. The molecule has 2 atom stereocenters. The lowest BCUT2D eigenvalue weighted by Crippen LogP contribution is -2.51. The number of pyridine rings is 1. The maximum Gasteiger partial charge on any atom is 0.230 e. The van der Waals surface area contributed by atoms with Crippen LogP contribution >= 0.6 is 11.6 Å². The molecule has 2 aliphatic heterocycles. The van der Waals surface area contributed by atoms with E-state index < -0.39 is 0 Å². The van der Waals surface area contributed by atoms with Gasteiger partial charge >= 0.3 is 0 Å². The van der Waals surface area contributed by atoms with E-state index in [1.54, 1.807) is 6.20 Å². The molecule has 1 fully saturated rings. The molecule has 4 rings (SSSR count). The Labute approximate surface area is 152 Å². The van der Waals surface area contributed by atoms with Crippen LogP contribution in [0.2, 0.25) is 5.02 Å². The second-order valence-electron chi connectivity index (χ2n) is 6.50. The molecular formula is C19H20ClN3O2. The molecule has 1 aromatic carbocycles. The molecule has 0 radical (unpaired) electrons. The maximum atomic E-state index is 13.2. The minimum Gasteiger partial charge on any atom is -0.492 e. The summed E-state index contributed by atoms with van der Waals surface area (Å²) in [5.74, 6) is 0.793. The summed E-state index contributed by atoms with van der Waals surface area (Å²) < 4.78 is 5.81. The summed E-state index contributed by atoms with van der Waals surface area (Å²) in [7, 11) is 0. The molecule has 1 saturated heterocycles. The number of hydrogen-bond donors (Lipinski definition) is 1. The van der Waals surface area contributed by atoms with Crippen LogP contribution in [0.3, 0.4) is 0 Å². The zero-order valence-electron chi connectivity index (χ0n) is 13.8. The minimum absolute atomic E-state index is 0.00992. The van der Waals surface area contributed by atoms with Crippen molar-refractivity contribution in [2.24, 2.45) is 5.92 Å². The monoisotopic (exact) mass is 357 g/mol. The van der Waals surface area contributed by atoms with Crippen molar-refractivity contribution in [3.8, 4) is 5.75 Å². The number of benzene rings is 1. The van der Waals surface area contributed by atoms with E-state index in [1.807, 2.05) is 41.4 Å². The molecule has 2 aromatic rings. The third-order valence-electron chi connectivity index (χ3n) is 4.87. The fourth-order valence-electron chi connectivity index (χ4n) is 3.60. The Kier molecular flexibility index (Phi) is 4.59. The third-order valence-corrected chi connectivity index (χ3v) is 5.11. The fraction of sp³-hybridized carbons (Fsp3) is 0.368. The number of carbonyl (C=O) groups is 1. The fourth-order valence-corrected chi connectivity index (χ4v) is 3.79. The molecule has 2 aliphatic rings. The number of halogens is 1. The van der Waals surface area contributed by atoms with Gasteiger partial charge in [0.15, 0.2) is 0 Å². The summed E-state index contributed by atoms with van der Waals surface area (Å²) in [5.41, 5.74) is 2.06. The first-order valence-electron chi connectivity index (χ1n) is 8.55. The molecule has 130 valence electrons. The standard InChI is InChI=1S/C19H20ClN3O2/c20-16-3-4-18-14(9-16)8-15(12-25-18)19(24)23-7-6-22-11-17(23)13-2-1-5-21-10-13/h1-5,9-10,15,17,22H,6-8,11-12H2. The summed E-state index contributed by atoms with van der Waals surface area (Å²) >= 11 is 6.09. The van der Waals surface area contributed by atoms with Gasteiger partial charge in [-0.3, -0.25) is 9.78 Å². The third kappa shape index (κ3) is 3.34. The largest absolute Gasteiger partial charge is 0.492 e. The number of piperazine rings is 1. The number of amides is 1. The van der Waals surface area contributed by atoms with Gasteiger partial charge in [-0.05, 0) is 41.8 Å². The number of fused-ring (bicyclic) bond motifs is 1. The van der Waals surface area contributed by atoms with Gasteiger partial charge in [-0.25, -0.2) is 0 Å². The van der Waals surface area contributed by atoms with Gasteiger partial charge < -0.3 is 15.0 Å². The number of nitrogens with zero attached hydrogens (tertiary/aromatic N) is 2. The maximum absolute atomic E-state index is 13.2. The van der Waals surface area contributed by atoms with E-state index in [4.69, 9.17) is 16.3 Å². The van der Waals surface area contributed by atoms with Crippen LogP contribution in [0.25, 0.3) is 0 Å². The topological polar surface area (TPSA) is 54.5 Å². The molecule has 0 saturated carbocycles. The van der Waals surface area contributed by atoms with E-state index in [0.717, 1.165) is 30.0 Å². The number of rotatable bonds is 2. The van der Waals surface area contributed by atoms with E-state index in [0.29, 0.717) is 24.6 Å². The number of aromatic nitrogens is 1. The average molecular weight is 358 g/mol. The highest BCUT2D eigenvalue weighted by atomic mass is 35.5. The van der Waals surface area contributed by atoms with Gasteiger partial charge in [0.05, 0.1) is 12.0 Å². The van der Waals surface area contributed by atoms with Crippen molar-refractivity contribution in [3.05, 3.63) is 58.9 Å². The highest BCUT2D eigenvalue weighted by Crippen LogP contribution is 2.32. The second-order valence-corrected chi connectivity index (χ2v) is 6.94. The highest BCUT2D eigenvalue weighted by Gasteiger charge is 2.35.